The molecule has 0 heterocycles. The molecule has 0 amide bonds. The van der Waals surface area contributed by atoms with Crippen LogP contribution in [0.2, 0.25) is 0 Å². The van der Waals surface area contributed by atoms with Crippen LogP contribution in [0.1, 0.15) is 99.7 Å². The molecule has 8 fully saturated rings. The van der Waals surface area contributed by atoms with E-state index in [0.29, 0.717) is 11.8 Å². The average Bonchev–Trinajstić information content (AvgIpc) is 3.17. The highest BCUT2D eigenvalue weighted by molar-refractivity contribution is 5.79. The first-order valence-corrected chi connectivity index (χ1v) is 20.7. The fraction of sp³-hybridized carbons (Fsp3) is 0.412. The van der Waals surface area contributed by atoms with E-state index in [1.54, 1.807) is 11.1 Å². The van der Waals surface area contributed by atoms with Gasteiger partial charge in [0.15, 0.2) is 0 Å². The maximum absolute atomic E-state index is 4.54. The van der Waals surface area contributed by atoms with Crippen molar-refractivity contribution in [3.63, 3.8) is 0 Å². The first kappa shape index (κ1) is 32.5. The van der Waals surface area contributed by atoms with E-state index in [2.05, 4.69) is 140 Å². The van der Waals surface area contributed by atoms with E-state index in [4.69, 9.17) is 0 Å². The second-order valence-electron chi connectivity index (χ2n) is 18.0. The summed E-state index contributed by atoms with van der Waals surface area (Å²) in [4.78, 5) is 2.68. The summed E-state index contributed by atoms with van der Waals surface area (Å²) in [6.45, 7) is 6.78. The molecule has 0 aromatic heterocycles. The average molecular weight is 682 g/mol. The molecule has 1 heteroatoms. The minimum atomic E-state index is 0.651. The molecule has 0 N–H and O–H groups in total. The highest BCUT2D eigenvalue weighted by Gasteiger charge is 2.52. The zero-order chi connectivity index (χ0) is 34.8. The van der Waals surface area contributed by atoms with Crippen molar-refractivity contribution in [3.8, 4) is 11.1 Å². The van der Waals surface area contributed by atoms with Crippen molar-refractivity contribution in [3.05, 3.63) is 150 Å². The molecule has 0 aliphatic heterocycles. The van der Waals surface area contributed by atoms with Gasteiger partial charge < -0.3 is 4.90 Å². The molecular formula is C51H55N. The summed E-state index contributed by atoms with van der Waals surface area (Å²) in [5, 5.41) is 0. The fourth-order valence-electron chi connectivity index (χ4n) is 13.3. The largest absolute Gasteiger partial charge is 0.310 e. The number of para-hydroxylation sites is 1. The lowest BCUT2D eigenvalue weighted by molar-refractivity contribution is -0.00462. The number of rotatable bonds is 9. The zero-order valence-corrected chi connectivity index (χ0v) is 31.0. The number of hydrogen-bond acceptors (Lipinski definition) is 1. The van der Waals surface area contributed by atoms with Crippen LogP contribution in [-0.2, 0) is 0 Å². The highest BCUT2D eigenvalue weighted by Crippen LogP contribution is 2.64. The third kappa shape index (κ3) is 5.75. The van der Waals surface area contributed by atoms with E-state index in [0.717, 1.165) is 47.3 Å². The van der Waals surface area contributed by atoms with Gasteiger partial charge in [-0.2, -0.15) is 0 Å². The van der Waals surface area contributed by atoms with Crippen LogP contribution in [-0.4, -0.2) is 0 Å². The summed E-state index contributed by atoms with van der Waals surface area (Å²) in [5.74, 6) is 8.45. The van der Waals surface area contributed by atoms with E-state index < -0.39 is 0 Å². The smallest absolute Gasteiger partial charge is 0.0531 e. The molecule has 8 bridgehead atoms. The minimum absolute atomic E-state index is 0.651. The van der Waals surface area contributed by atoms with Crippen molar-refractivity contribution < 1.29 is 0 Å². The molecule has 8 aliphatic carbocycles. The Bertz CT molecular complexity index is 1860. The molecule has 12 rings (SSSR count). The van der Waals surface area contributed by atoms with Crippen molar-refractivity contribution in [2.75, 3.05) is 4.90 Å². The van der Waals surface area contributed by atoms with Gasteiger partial charge in [0.2, 0.25) is 0 Å². The van der Waals surface area contributed by atoms with Gasteiger partial charge in [-0.1, -0.05) is 104 Å². The summed E-state index contributed by atoms with van der Waals surface area (Å²) in [7, 11) is 0. The number of benzene rings is 4. The fourth-order valence-corrected chi connectivity index (χ4v) is 13.3. The summed E-state index contributed by atoms with van der Waals surface area (Å²) in [6.07, 6.45) is 21.3. The van der Waals surface area contributed by atoms with Gasteiger partial charge in [0, 0.05) is 11.4 Å². The lowest BCUT2D eigenvalue weighted by Gasteiger charge is -2.56. The lowest BCUT2D eigenvalue weighted by atomic mass is 9.49. The zero-order valence-electron chi connectivity index (χ0n) is 31.0. The van der Waals surface area contributed by atoms with Gasteiger partial charge in [-0.05, 0) is 188 Å². The Morgan fingerprint density at radius 2 is 0.981 bits per heavy atom. The first-order chi connectivity index (χ1) is 25.6. The van der Waals surface area contributed by atoms with E-state index in [9.17, 15) is 0 Å². The second-order valence-corrected chi connectivity index (χ2v) is 18.0. The van der Waals surface area contributed by atoms with Crippen molar-refractivity contribution in [2.45, 2.75) is 83.0 Å². The summed E-state index contributed by atoms with van der Waals surface area (Å²) in [6, 6.07) is 38.8. The monoisotopic (exact) mass is 681 g/mol. The van der Waals surface area contributed by atoms with Crippen molar-refractivity contribution >= 4 is 16.9 Å². The normalized spacial score (nSPS) is 33.0. The molecular weight excluding hydrogens is 627 g/mol. The van der Waals surface area contributed by atoms with Crippen LogP contribution in [0.25, 0.3) is 16.7 Å². The Morgan fingerprint density at radius 3 is 1.46 bits per heavy atom. The van der Waals surface area contributed by atoms with Gasteiger partial charge >= 0.3 is 0 Å². The second kappa shape index (κ2) is 13.4. The van der Waals surface area contributed by atoms with Crippen LogP contribution in [0.15, 0.2) is 134 Å². The Hall–Kier alpha value is -4.10. The molecule has 4 aromatic rings. The maximum atomic E-state index is 4.54. The van der Waals surface area contributed by atoms with E-state index in [1.165, 1.54) is 104 Å². The van der Waals surface area contributed by atoms with E-state index >= 15 is 0 Å². The topological polar surface area (TPSA) is 3.24 Å². The Kier molecular flexibility index (Phi) is 8.38. The molecule has 264 valence electrons. The molecule has 0 saturated heterocycles. The Morgan fingerprint density at radius 1 is 0.519 bits per heavy atom. The number of allylic oxidation sites excluding steroid dienone is 4. The molecule has 0 radical (unpaired) electrons. The van der Waals surface area contributed by atoms with Crippen LogP contribution in [0.4, 0.5) is 11.4 Å². The molecule has 0 unspecified atom stereocenters. The molecule has 8 aliphatic rings. The van der Waals surface area contributed by atoms with E-state index in [1.807, 2.05) is 0 Å². The molecule has 1 nitrogen and oxygen atoms in total. The predicted octanol–water partition coefficient (Wildman–Crippen LogP) is 13.7. The quantitative estimate of drug-likeness (QED) is 0.159. The van der Waals surface area contributed by atoms with E-state index in [-0.39, 0.29) is 0 Å². The Balaban J connectivity index is 1.17. The van der Waals surface area contributed by atoms with Crippen LogP contribution in [0, 0.1) is 47.3 Å². The van der Waals surface area contributed by atoms with Gasteiger partial charge in [0.05, 0.1) is 5.69 Å². The molecule has 4 aromatic carbocycles. The molecule has 0 spiro atoms. The van der Waals surface area contributed by atoms with Crippen LogP contribution < -0.4 is 4.90 Å². The molecule has 0 atom stereocenters. The summed E-state index contributed by atoms with van der Waals surface area (Å²) >= 11 is 0. The molecule has 52 heavy (non-hydrogen) atoms. The van der Waals surface area contributed by atoms with Crippen LogP contribution in [0.5, 0.6) is 0 Å². The summed E-state index contributed by atoms with van der Waals surface area (Å²) in [5.41, 5.74) is 12.3. The van der Waals surface area contributed by atoms with Gasteiger partial charge in [0.25, 0.3) is 0 Å². The number of hydrogen-bond donors (Lipinski definition) is 0. The van der Waals surface area contributed by atoms with Crippen LogP contribution >= 0.6 is 0 Å². The number of anilines is 2. The van der Waals surface area contributed by atoms with Gasteiger partial charge in [-0.3, -0.25) is 0 Å². The van der Waals surface area contributed by atoms with Crippen molar-refractivity contribution in [1.29, 1.82) is 0 Å². The SMILES string of the molecule is C=C/C(=C\C=C(/C)c1ccccc1)N(c1ccc(-c2ccccc2)cc1)c1c(C2C3CC4CC(C3)CC2C4)cccc1C1C2CC3CC(C2)CC1C3. The summed E-state index contributed by atoms with van der Waals surface area (Å²) < 4.78 is 0. The minimum Gasteiger partial charge on any atom is -0.310 e. The lowest BCUT2D eigenvalue weighted by Crippen LogP contribution is -2.45. The van der Waals surface area contributed by atoms with Gasteiger partial charge in [-0.25, -0.2) is 0 Å². The molecule has 8 saturated carbocycles. The van der Waals surface area contributed by atoms with Crippen molar-refractivity contribution in [2.24, 2.45) is 47.3 Å². The van der Waals surface area contributed by atoms with Gasteiger partial charge in [-0.15, -0.1) is 0 Å². The Labute approximate surface area is 312 Å². The predicted molar refractivity (Wildman–Crippen MR) is 218 cm³/mol. The number of nitrogens with zero attached hydrogens (tertiary/aromatic N) is 1. The maximum Gasteiger partial charge on any atom is 0.0531 e. The third-order valence-electron chi connectivity index (χ3n) is 14.9. The van der Waals surface area contributed by atoms with Crippen molar-refractivity contribution in [1.82, 2.24) is 0 Å². The standard InChI is InChI=1S/C51H55N/c1-3-45(20-17-33(2)38-11-6-4-7-12-38)52(46-21-18-40(19-22-46)39-13-8-5-9-14-39)51-47(49-41-25-34-23-35(27-41)28-42(49)26-34)15-10-16-48(51)50-43-29-36-24-37(31-43)32-44(50)30-36/h3-22,34-37,41-44,49-50H,1,23-32H2,2H3/b33-17+,45-20+. The first-order valence-electron chi connectivity index (χ1n) is 20.7. The highest BCUT2D eigenvalue weighted by atomic mass is 15.2. The third-order valence-corrected chi connectivity index (χ3v) is 14.9. The van der Waals surface area contributed by atoms with Crippen LogP contribution in [0.3, 0.4) is 0 Å². The van der Waals surface area contributed by atoms with Gasteiger partial charge in [0.1, 0.15) is 0 Å².